The zero-order valence-electron chi connectivity index (χ0n) is 18.0. The average Bonchev–Trinajstić information content (AvgIpc) is 3.45. The topological polar surface area (TPSA) is 42.9 Å². The van der Waals surface area contributed by atoms with E-state index in [1.807, 2.05) is 0 Å². The monoisotopic (exact) mass is 385 g/mol. The molecule has 1 saturated carbocycles. The summed E-state index contributed by atoms with van der Waals surface area (Å²) >= 11 is 0. The number of benzene rings is 1. The molecule has 1 aliphatic heterocycles. The Labute approximate surface area is 171 Å². The number of nitrogens with zero attached hydrogens (tertiary/aromatic N) is 3. The highest BCUT2D eigenvalue weighted by Gasteiger charge is 2.34. The predicted molar refractivity (Wildman–Crippen MR) is 119 cm³/mol. The largest absolute Gasteiger partial charge is 0.357 e. The van der Waals surface area contributed by atoms with Gasteiger partial charge in [-0.15, -0.1) is 0 Å². The second kappa shape index (κ2) is 10.8. The van der Waals surface area contributed by atoms with Crippen LogP contribution in [0, 0.1) is 5.92 Å². The lowest BCUT2D eigenvalue weighted by molar-refractivity contribution is 0.238. The molecule has 0 radical (unpaired) electrons. The van der Waals surface area contributed by atoms with Gasteiger partial charge in [-0.25, -0.2) is 0 Å². The van der Waals surface area contributed by atoms with Crippen molar-refractivity contribution in [1.29, 1.82) is 0 Å². The fraction of sp³-hybridized carbons (Fsp3) is 0.696. The van der Waals surface area contributed by atoms with Crippen LogP contribution in [-0.4, -0.2) is 67.6 Å². The first kappa shape index (κ1) is 21.1. The molecule has 2 N–H and O–H groups in total. The summed E-state index contributed by atoms with van der Waals surface area (Å²) in [7, 11) is 2.21. The molecule has 5 nitrogen and oxygen atoms in total. The van der Waals surface area contributed by atoms with Gasteiger partial charge in [0.15, 0.2) is 5.96 Å². The van der Waals surface area contributed by atoms with E-state index in [-0.39, 0.29) is 0 Å². The summed E-state index contributed by atoms with van der Waals surface area (Å²) in [6, 6.07) is 12.1. The SMILES string of the molecule is CCNC(=NCC1CCN(C2CC2)C1)NCCC(C)N(C)Cc1ccccc1. The fourth-order valence-electron chi connectivity index (χ4n) is 3.99. The lowest BCUT2D eigenvalue weighted by Crippen LogP contribution is -2.40. The van der Waals surface area contributed by atoms with E-state index in [1.54, 1.807) is 0 Å². The molecule has 156 valence electrons. The Morgan fingerprint density at radius 1 is 1.21 bits per heavy atom. The van der Waals surface area contributed by atoms with Gasteiger partial charge in [-0.2, -0.15) is 0 Å². The van der Waals surface area contributed by atoms with Crippen molar-refractivity contribution in [3.8, 4) is 0 Å². The van der Waals surface area contributed by atoms with Crippen LogP contribution in [0.4, 0.5) is 0 Å². The summed E-state index contributed by atoms with van der Waals surface area (Å²) in [6.07, 6.45) is 5.24. The van der Waals surface area contributed by atoms with Crippen LogP contribution >= 0.6 is 0 Å². The highest BCUT2D eigenvalue weighted by Crippen LogP contribution is 2.31. The maximum atomic E-state index is 4.87. The molecule has 0 amide bonds. The van der Waals surface area contributed by atoms with E-state index in [1.165, 1.54) is 37.9 Å². The molecule has 1 heterocycles. The summed E-state index contributed by atoms with van der Waals surface area (Å²) in [5.41, 5.74) is 1.37. The van der Waals surface area contributed by atoms with E-state index in [9.17, 15) is 0 Å². The number of guanidine groups is 1. The Balaban J connectivity index is 1.37. The van der Waals surface area contributed by atoms with Crippen molar-refractivity contribution in [3.05, 3.63) is 35.9 Å². The van der Waals surface area contributed by atoms with E-state index in [2.05, 4.69) is 71.7 Å². The molecular formula is C23H39N5. The zero-order valence-corrected chi connectivity index (χ0v) is 18.0. The van der Waals surface area contributed by atoms with Crippen molar-refractivity contribution in [1.82, 2.24) is 20.4 Å². The maximum absolute atomic E-state index is 4.87. The first-order valence-corrected chi connectivity index (χ1v) is 11.2. The summed E-state index contributed by atoms with van der Waals surface area (Å²) in [6.45, 7) is 10.8. The number of hydrogen-bond acceptors (Lipinski definition) is 3. The normalized spacial score (nSPS) is 21.9. The summed E-state index contributed by atoms with van der Waals surface area (Å²) < 4.78 is 0. The number of aliphatic imine (C=N–C) groups is 1. The van der Waals surface area contributed by atoms with Crippen molar-refractivity contribution in [2.75, 3.05) is 39.8 Å². The molecule has 0 bridgehead atoms. The molecule has 1 aromatic carbocycles. The molecule has 1 saturated heterocycles. The van der Waals surface area contributed by atoms with E-state index in [4.69, 9.17) is 4.99 Å². The van der Waals surface area contributed by atoms with Gasteiger partial charge in [-0.3, -0.25) is 9.89 Å². The molecule has 5 heteroatoms. The summed E-state index contributed by atoms with van der Waals surface area (Å²) in [5, 5.41) is 6.95. The van der Waals surface area contributed by atoms with E-state index >= 15 is 0 Å². The van der Waals surface area contributed by atoms with Crippen LogP contribution in [0.25, 0.3) is 0 Å². The Bertz CT molecular complexity index is 598. The number of rotatable bonds is 10. The highest BCUT2D eigenvalue weighted by molar-refractivity contribution is 5.79. The Morgan fingerprint density at radius 2 is 2.00 bits per heavy atom. The Hall–Kier alpha value is -1.59. The Kier molecular flexibility index (Phi) is 8.16. The van der Waals surface area contributed by atoms with Crippen LogP contribution < -0.4 is 10.6 Å². The number of likely N-dealkylation sites (tertiary alicyclic amines) is 1. The van der Waals surface area contributed by atoms with Gasteiger partial charge in [-0.1, -0.05) is 30.3 Å². The molecule has 2 fully saturated rings. The quantitative estimate of drug-likeness (QED) is 0.480. The molecular weight excluding hydrogens is 346 g/mol. The maximum Gasteiger partial charge on any atom is 0.191 e. The Morgan fingerprint density at radius 3 is 2.71 bits per heavy atom. The van der Waals surface area contributed by atoms with Gasteiger partial charge in [0.05, 0.1) is 0 Å². The number of nitrogens with one attached hydrogen (secondary N) is 2. The van der Waals surface area contributed by atoms with Crippen molar-refractivity contribution in [2.24, 2.45) is 10.9 Å². The molecule has 0 spiro atoms. The lowest BCUT2D eigenvalue weighted by Gasteiger charge is -2.25. The van der Waals surface area contributed by atoms with Crippen LogP contribution in [0.15, 0.2) is 35.3 Å². The van der Waals surface area contributed by atoms with Crippen LogP contribution in [0.5, 0.6) is 0 Å². The van der Waals surface area contributed by atoms with Gasteiger partial charge in [0.25, 0.3) is 0 Å². The first-order chi connectivity index (χ1) is 13.7. The van der Waals surface area contributed by atoms with Crippen molar-refractivity contribution in [3.63, 3.8) is 0 Å². The van der Waals surface area contributed by atoms with E-state index in [0.29, 0.717) is 6.04 Å². The third kappa shape index (κ3) is 6.78. The third-order valence-electron chi connectivity index (χ3n) is 6.11. The van der Waals surface area contributed by atoms with Gasteiger partial charge in [-0.05, 0) is 64.6 Å². The molecule has 2 unspecified atom stereocenters. The average molecular weight is 386 g/mol. The molecule has 28 heavy (non-hydrogen) atoms. The molecule has 3 rings (SSSR count). The van der Waals surface area contributed by atoms with Gasteiger partial charge in [0, 0.05) is 44.8 Å². The highest BCUT2D eigenvalue weighted by atomic mass is 15.2. The van der Waals surface area contributed by atoms with Crippen molar-refractivity contribution < 1.29 is 0 Å². The third-order valence-corrected chi connectivity index (χ3v) is 6.11. The molecule has 1 aliphatic carbocycles. The van der Waals surface area contributed by atoms with E-state index in [0.717, 1.165) is 50.5 Å². The van der Waals surface area contributed by atoms with E-state index < -0.39 is 0 Å². The smallest absolute Gasteiger partial charge is 0.191 e. The second-order valence-electron chi connectivity index (χ2n) is 8.57. The van der Waals surface area contributed by atoms with Gasteiger partial charge < -0.3 is 15.5 Å². The minimum atomic E-state index is 0.525. The standard InChI is InChI=1S/C23H39N5/c1-4-24-23(26-16-21-13-15-28(18-21)22-10-11-22)25-14-12-19(2)27(3)17-20-8-6-5-7-9-20/h5-9,19,21-22H,4,10-18H2,1-3H3,(H2,24,25,26). The van der Waals surface area contributed by atoms with Crippen molar-refractivity contribution >= 4 is 5.96 Å². The minimum Gasteiger partial charge on any atom is -0.357 e. The van der Waals surface area contributed by atoms with Crippen LogP contribution in [-0.2, 0) is 6.54 Å². The van der Waals surface area contributed by atoms with Crippen LogP contribution in [0.3, 0.4) is 0 Å². The predicted octanol–water partition coefficient (Wildman–Crippen LogP) is 2.94. The minimum absolute atomic E-state index is 0.525. The van der Waals surface area contributed by atoms with Gasteiger partial charge >= 0.3 is 0 Å². The molecule has 2 aliphatic rings. The molecule has 2 atom stereocenters. The van der Waals surface area contributed by atoms with Crippen LogP contribution in [0.2, 0.25) is 0 Å². The zero-order chi connectivity index (χ0) is 19.8. The fourth-order valence-corrected chi connectivity index (χ4v) is 3.99. The summed E-state index contributed by atoms with van der Waals surface area (Å²) in [5.74, 6) is 1.71. The lowest BCUT2D eigenvalue weighted by atomic mass is 10.1. The first-order valence-electron chi connectivity index (χ1n) is 11.2. The molecule has 1 aromatic rings. The summed E-state index contributed by atoms with van der Waals surface area (Å²) in [4.78, 5) is 9.97. The van der Waals surface area contributed by atoms with Gasteiger partial charge in [0.1, 0.15) is 0 Å². The van der Waals surface area contributed by atoms with Crippen LogP contribution in [0.1, 0.15) is 45.1 Å². The number of hydrogen-bond donors (Lipinski definition) is 2. The molecule has 0 aromatic heterocycles. The van der Waals surface area contributed by atoms with Gasteiger partial charge in [0.2, 0.25) is 0 Å². The second-order valence-corrected chi connectivity index (χ2v) is 8.57. The van der Waals surface area contributed by atoms with Crippen molar-refractivity contribution in [2.45, 2.75) is 58.2 Å².